The number of carbonyl (C=O) groups excluding carboxylic acids is 3. The average molecular weight is 777 g/mol. The van der Waals surface area contributed by atoms with E-state index in [1.165, 1.54) is 21.1 Å². The van der Waals surface area contributed by atoms with Crippen LogP contribution in [0.5, 0.6) is 0 Å². The SMILES string of the molecule is C.COC(=O)C1O[C@@H](C)C(OC(C)=O)[C@H](OCc2ccccc2)[C@@H]1OC1CCCCO1.COC(=O)C1O[C@H]2OC(C)(C)OC2[C@H](OCc2ccccc2)[C@@H]1O. The van der Waals surface area contributed by atoms with Crippen LogP contribution < -0.4 is 0 Å². The third-order valence-electron chi connectivity index (χ3n) is 9.30. The maximum absolute atomic E-state index is 12.5. The molecule has 0 radical (unpaired) electrons. The van der Waals surface area contributed by atoms with Gasteiger partial charge in [-0.25, -0.2) is 9.59 Å². The van der Waals surface area contributed by atoms with E-state index in [1.54, 1.807) is 20.8 Å². The van der Waals surface area contributed by atoms with Crippen molar-refractivity contribution in [2.75, 3.05) is 20.8 Å². The van der Waals surface area contributed by atoms with Crippen LogP contribution in [-0.4, -0.2) is 117 Å². The number of fused-ring (bicyclic) bond motifs is 1. The number of hydrogen-bond acceptors (Lipinski definition) is 15. The number of aliphatic hydroxyl groups excluding tert-OH is 1. The molecule has 4 aliphatic heterocycles. The van der Waals surface area contributed by atoms with E-state index in [9.17, 15) is 19.5 Å². The van der Waals surface area contributed by atoms with E-state index < -0.39 is 91.2 Å². The fourth-order valence-corrected chi connectivity index (χ4v) is 6.72. The fraction of sp³-hybridized carbons (Fsp3) is 0.625. The van der Waals surface area contributed by atoms with Crippen LogP contribution in [0.25, 0.3) is 0 Å². The normalized spacial score (nSPS) is 32.4. The first kappa shape index (κ1) is 44.2. The predicted molar refractivity (Wildman–Crippen MR) is 194 cm³/mol. The molecule has 55 heavy (non-hydrogen) atoms. The van der Waals surface area contributed by atoms with Gasteiger partial charge in [-0.3, -0.25) is 4.79 Å². The van der Waals surface area contributed by atoms with Crippen molar-refractivity contribution in [3.8, 4) is 0 Å². The van der Waals surface area contributed by atoms with Crippen molar-refractivity contribution in [1.82, 2.24) is 0 Å². The first-order valence-electron chi connectivity index (χ1n) is 18.2. The Bertz CT molecular complexity index is 1480. The lowest BCUT2D eigenvalue weighted by molar-refractivity contribution is -0.290. The highest BCUT2D eigenvalue weighted by Crippen LogP contribution is 2.38. The highest BCUT2D eigenvalue weighted by atomic mass is 16.8. The lowest BCUT2D eigenvalue weighted by Gasteiger charge is -2.44. The molecule has 0 amide bonds. The van der Waals surface area contributed by atoms with E-state index in [1.807, 2.05) is 60.7 Å². The van der Waals surface area contributed by atoms with E-state index in [0.29, 0.717) is 13.0 Å². The van der Waals surface area contributed by atoms with Crippen LogP contribution >= 0.6 is 0 Å². The molecule has 4 saturated heterocycles. The number of methoxy groups -OCH3 is 2. The molecule has 11 atom stereocenters. The van der Waals surface area contributed by atoms with Crippen molar-refractivity contribution < 1.29 is 71.6 Å². The van der Waals surface area contributed by atoms with Gasteiger partial charge in [0.05, 0.1) is 33.5 Å². The Balaban J connectivity index is 0.000000246. The van der Waals surface area contributed by atoms with Crippen molar-refractivity contribution in [2.45, 2.75) is 141 Å². The molecule has 0 spiro atoms. The molecule has 2 aromatic rings. The van der Waals surface area contributed by atoms with Gasteiger partial charge in [0.25, 0.3) is 0 Å². The Hall–Kier alpha value is -3.51. The van der Waals surface area contributed by atoms with E-state index >= 15 is 0 Å². The van der Waals surface area contributed by atoms with E-state index in [4.69, 9.17) is 52.1 Å². The van der Waals surface area contributed by atoms with Gasteiger partial charge in [0.15, 0.2) is 36.7 Å². The summed E-state index contributed by atoms with van der Waals surface area (Å²) >= 11 is 0. The molecule has 4 heterocycles. The number of esters is 3. The Labute approximate surface area is 322 Å². The third kappa shape index (κ3) is 11.8. The van der Waals surface area contributed by atoms with Gasteiger partial charge >= 0.3 is 17.9 Å². The van der Waals surface area contributed by atoms with Gasteiger partial charge in [0, 0.05) is 13.5 Å². The molecule has 1 N–H and O–H groups in total. The molecule has 306 valence electrons. The first-order valence-corrected chi connectivity index (χ1v) is 18.2. The fourth-order valence-electron chi connectivity index (χ4n) is 6.72. The smallest absolute Gasteiger partial charge is 0.337 e. The van der Waals surface area contributed by atoms with E-state index in [0.717, 1.165) is 24.0 Å². The Morgan fingerprint density at radius 3 is 1.91 bits per heavy atom. The summed E-state index contributed by atoms with van der Waals surface area (Å²) in [7, 11) is 2.53. The number of hydrogen-bond donors (Lipinski definition) is 1. The molecule has 0 aromatic heterocycles. The van der Waals surface area contributed by atoms with Crippen LogP contribution in [0.2, 0.25) is 0 Å². The van der Waals surface area contributed by atoms with Crippen molar-refractivity contribution in [3.63, 3.8) is 0 Å². The molecule has 2 aromatic carbocycles. The van der Waals surface area contributed by atoms with Crippen molar-refractivity contribution >= 4 is 17.9 Å². The minimum absolute atomic E-state index is 0. The van der Waals surface area contributed by atoms with Crippen LogP contribution in [0.15, 0.2) is 60.7 Å². The molecule has 0 saturated carbocycles. The van der Waals surface area contributed by atoms with Crippen LogP contribution in [0.4, 0.5) is 0 Å². The molecule has 4 fully saturated rings. The molecular weight excluding hydrogens is 720 g/mol. The lowest BCUT2D eigenvalue weighted by Crippen LogP contribution is -2.62. The third-order valence-corrected chi connectivity index (χ3v) is 9.30. The molecule has 4 aliphatic rings. The lowest BCUT2D eigenvalue weighted by atomic mass is 9.94. The van der Waals surface area contributed by atoms with Gasteiger partial charge in [0.1, 0.15) is 30.5 Å². The first-order chi connectivity index (χ1) is 25.9. The van der Waals surface area contributed by atoms with Crippen molar-refractivity contribution in [3.05, 3.63) is 71.8 Å². The minimum atomic E-state index is -1.22. The molecular formula is C40H56O15. The Kier molecular flexibility index (Phi) is 16.6. The summed E-state index contributed by atoms with van der Waals surface area (Å²) in [5.41, 5.74) is 1.89. The second kappa shape index (κ2) is 20.6. The summed E-state index contributed by atoms with van der Waals surface area (Å²) in [5, 5.41) is 10.5. The summed E-state index contributed by atoms with van der Waals surface area (Å²) in [6.45, 7) is 7.65. The number of benzene rings is 2. The second-order valence-electron chi connectivity index (χ2n) is 13.8. The quantitative estimate of drug-likeness (QED) is 0.256. The molecule has 15 heteroatoms. The summed E-state index contributed by atoms with van der Waals surface area (Å²) in [6.07, 6.45) is -6.48. The van der Waals surface area contributed by atoms with Gasteiger partial charge in [-0.15, -0.1) is 0 Å². The highest BCUT2D eigenvalue weighted by Gasteiger charge is 2.57. The molecule has 0 bridgehead atoms. The van der Waals surface area contributed by atoms with E-state index in [2.05, 4.69) is 0 Å². The van der Waals surface area contributed by atoms with Crippen LogP contribution in [0.1, 0.15) is 65.5 Å². The number of aliphatic hydroxyl groups is 1. The molecule has 15 nitrogen and oxygen atoms in total. The number of ether oxygens (including phenoxy) is 11. The topological polar surface area (TPSA) is 173 Å². The summed E-state index contributed by atoms with van der Waals surface area (Å²) in [6, 6.07) is 19.1. The zero-order valence-electron chi connectivity index (χ0n) is 31.5. The van der Waals surface area contributed by atoms with Gasteiger partial charge in [-0.2, -0.15) is 0 Å². The average Bonchev–Trinajstić information content (AvgIpc) is 3.49. The minimum Gasteiger partial charge on any atom is -0.467 e. The van der Waals surface area contributed by atoms with Crippen LogP contribution in [0, 0.1) is 0 Å². The molecule has 0 aliphatic carbocycles. The maximum Gasteiger partial charge on any atom is 0.337 e. The molecule has 5 unspecified atom stereocenters. The second-order valence-corrected chi connectivity index (χ2v) is 13.8. The van der Waals surface area contributed by atoms with Crippen LogP contribution in [-0.2, 0) is 79.7 Å². The van der Waals surface area contributed by atoms with Gasteiger partial charge < -0.3 is 57.2 Å². The number of rotatable bonds is 11. The van der Waals surface area contributed by atoms with Gasteiger partial charge in [0.2, 0.25) is 0 Å². The maximum atomic E-state index is 12.5. The Morgan fingerprint density at radius 2 is 1.36 bits per heavy atom. The monoisotopic (exact) mass is 776 g/mol. The zero-order chi connectivity index (χ0) is 38.8. The van der Waals surface area contributed by atoms with E-state index in [-0.39, 0.29) is 20.6 Å². The standard InChI is InChI=1S/C22H30O8.C17H22O7.CH4/c1-14-18(29-15(2)23)19(27-13-16-9-5-4-6-10-16)20(21(28-14)22(24)25-3)30-17-11-7-8-12-26-17;1-17(2)23-14-12(21-9-10-7-5-4-6-8-10)11(18)13(15(19)20-3)22-16(14)24-17;/h4-6,9-10,14,17-21H,7-8,11-13H2,1-3H3;4-8,11-14,16,18H,9H2,1-3H3;1H4/t14-,17?,18?,19-,20-,21?;11-,12+,13?,14?,16-;/m00./s1. The van der Waals surface area contributed by atoms with Crippen LogP contribution in [0.3, 0.4) is 0 Å². The summed E-state index contributed by atoms with van der Waals surface area (Å²) < 4.78 is 62.0. The van der Waals surface area contributed by atoms with Crippen molar-refractivity contribution in [2.24, 2.45) is 0 Å². The van der Waals surface area contributed by atoms with Crippen molar-refractivity contribution in [1.29, 1.82) is 0 Å². The summed E-state index contributed by atoms with van der Waals surface area (Å²) in [4.78, 5) is 36.1. The zero-order valence-corrected chi connectivity index (χ0v) is 31.5. The predicted octanol–water partition coefficient (Wildman–Crippen LogP) is 3.99. The number of carbonyl (C=O) groups is 3. The highest BCUT2D eigenvalue weighted by molar-refractivity contribution is 5.76. The van der Waals surface area contributed by atoms with Gasteiger partial charge in [-0.05, 0) is 51.2 Å². The Morgan fingerprint density at radius 1 is 0.782 bits per heavy atom. The summed E-state index contributed by atoms with van der Waals surface area (Å²) in [5.74, 6) is -2.61. The molecule has 6 rings (SSSR count). The van der Waals surface area contributed by atoms with Gasteiger partial charge in [-0.1, -0.05) is 68.1 Å². The largest absolute Gasteiger partial charge is 0.467 e.